The normalized spacial score (nSPS) is 11.4. The van der Waals surface area contributed by atoms with Crippen LogP contribution in [0.5, 0.6) is 5.75 Å². The van der Waals surface area contributed by atoms with Gasteiger partial charge in [0, 0.05) is 19.0 Å². The van der Waals surface area contributed by atoms with Crippen LogP contribution < -0.4 is 10.1 Å². The number of amides is 1. The molecule has 0 unspecified atom stereocenters. The van der Waals surface area contributed by atoms with Gasteiger partial charge >= 0.3 is 5.69 Å². The molecule has 0 saturated carbocycles. The largest absolute Gasteiger partial charge is 0.490 e. The number of aromatic nitrogens is 1. The van der Waals surface area contributed by atoms with E-state index in [0.29, 0.717) is 9.26 Å². The first kappa shape index (κ1) is 22.0. The van der Waals surface area contributed by atoms with Gasteiger partial charge in [-0.15, -0.1) is 0 Å². The Morgan fingerprint density at radius 2 is 1.90 bits per heavy atom. The Bertz CT molecular complexity index is 1240. The number of rotatable bonds is 7. The number of halogens is 1. The highest BCUT2D eigenvalue weighted by atomic mass is 127. The zero-order valence-electron chi connectivity index (χ0n) is 16.1. The number of carbonyl (C=O) groups is 1. The summed E-state index contributed by atoms with van der Waals surface area (Å²) in [5.74, 6) is -0.225. The Hall–Kier alpha value is -2.67. The minimum absolute atomic E-state index is 0.0268. The summed E-state index contributed by atoms with van der Waals surface area (Å²) in [5.41, 5.74) is 0.311. The lowest BCUT2D eigenvalue weighted by atomic mass is 10.1. The highest BCUT2D eigenvalue weighted by Crippen LogP contribution is 2.41. The lowest BCUT2D eigenvalue weighted by Crippen LogP contribution is -2.22. The number of nitrogens with one attached hydrogen (secondary N) is 1. The van der Waals surface area contributed by atoms with Crippen molar-refractivity contribution in [1.29, 1.82) is 0 Å². The Morgan fingerprint density at radius 3 is 2.47 bits per heavy atom. The SMILES string of the molecule is COc1ccc2c(c(CCNC(C)=O)c(I)n2S(=O)(=O)c2ccccc2)c1[N+](=O)[O-]. The molecule has 0 saturated heterocycles. The molecule has 0 spiro atoms. The second kappa shape index (κ2) is 8.60. The van der Waals surface area contributed by atoms with Gasteiger partial charge in [-0.05, 0) is 53.3 Å². The van der Waals surface area contributed by atoms with Crippen molar-refractivity contribution < 1.29 is 22.9 Å². The summed E-state index contributed by atoms with van der Waals surface area (Å²) < 4.78 is 33.4. The minimum Gasteiger partial charge on any atom is -0.490 e. The van der Waals surface area contributed by atoms with Gasteiger partial charge in [0.05, 0.1) is 31.5 Å². The second-order valence-electron chi connectivity index (χ2n) is 6.35. The summed E-state index contributed by atoms with van der Waals surface area (Å²) >= 11 is 1.87. The third-order valence-electron chi connectivity index (χ3n) is 4.50. The lowest BCUT2D eigenvalue weighted by Gasteiger charge is -2.10. The van der Waals surface area contributed by atoms with E-state index in [-0.39, 0.29) is 46.1 Å². The quantitative estimate of drug-likeness (QED) is 0.278. The van der Waals surface area contributed by atoms with Crippen molar-refractivity contribution >= 4 is 55.1 Å². The zero-order valence-corrected chi connectivity index (χ0v) is 19.1. The van der Waals surface area contributed by atoms with Crippen LogP contribution in [0, 0.1) is 13.8 Å². The summed E-state index contributed by atoms with van der Waals surface area (Å²) in [7, 11) is -2.71. The van der Waals surface area contributed by atoms with Gasteiger partial charge in [-0.25, -0.2) is 12.4 Å². The van der Waals surface area contributed by atoms with Crippen LogP contribution in [0.3, 0.4) is 0 Å². The van der Waals surface area contributed by atoms with Crippen molar-refractivity contribution in [3.05, 3.63) is 61.8 Å². The molecular weight excluding hydrogens is 525 g/mol. The smallest absolute Gasteiger partial charge is 0.320 e. The molecule has 0 aliphatic heterocycles. The van der Waals surface area contributed by atoms with Gasteiger partial charge in [-0.3, -0.25) is 14.9 Å². The van der Waals surface area contributed by atoms with E-state index in [0.717, 1.165) is 3.97 Å². The predicted molar refractivity (Wildman–Crippen MR) is 119 cm³/mol. The molecule has 2 aromatic carbocycles. The number of fused-ring (bicyclic) bond motifs is 1. The maximum Gasteiger partial charge on any atom is 0.320 e. The molecule has 30 heavy (non-hydrogen) atoms. The van der Waals surface area contributed by atoms with Crippen LogP contribution in [0.1, 0.15) is 12.5 Å². The van der Waals surface area contributed by atoms with Gasteiger partial charge in [-0.1, -0.05) is 18.2 Å². The van der Waals surface area contributed by atoms with Crippen LogP contribution in [-0.2, 0) is 21.2 Å². The monoisotopic (exact) mass is 543 g/mol. The average Bonchev–Trinajstić information content (AvgIpc) is 2.99. The van der Waals surface area contributed by atoms with Gasteiger partial charge in [0.1, 0.15) is 0 Å². The number of nitro groups is 1. The molecule has 0 bridgehead atoms. The number of methoxy groups -OCH3 is 1. The number of nitro benzene ring substituents is 1. The van der Waals surface area contributed by atoms with Crippen LogP contribution >= 0.6 is 22.6 Å². The fourth-order valence-corrected chi connectivity index (χ4v) is 6.25. The van der Waals surface area contributed by atoms with E-state index in [4.69, 9.17) is 4.74 Å². The third-order valence-corrected chi connectivity index (χ3v) is 7.69. The lowest BCUT2D eigenvalue weighted by molar-refractivity contribution is -0.384. The summed E-state index contributed by atoms with van der Waals surface area (Å²) in [6.45, 7) is 1.56. The first-order valence-electron chi connectivity index (χ1n) is 8.79. The summed E-state index contributed by atoms with van der Waals surface area (Å²) in [6.07, 6.45) is 0.208. The summed E-state index contributed by atoms with van der Waals surface area (Å²) in [6, 6.07) is 10.7. The van der Waals surface area contributed by atoms with Gasteiger partial charge in [0.15, 0.2) is 5.75 Å². The van der Waals surface area contributed by atoms with E-state index >= 15 is 0 Å². The minimum atomic E-state index is -4.02. The maximum atomic E-state index is 13.4. The fourth-order valence-electron chi connectivity index (χ4n) is 3.23. The van der Waals surface area contributed by atoms with E-state index in [2.05, 4.69) is 5.32 Å². The van der Waals surface area contributed by atoms with E-state index < -0.39 is 14.9 Å². The molecule has 1 N–H and O–H groups in total. The average molecular weight is 543 g/mol. The van der Waals surface area contributed by atoms with E-state index in [9.17, 15) is 23.3 Å². The fraction of sp³-hybridized carbons (Fsp3) is 0.211. The highest BCUT2D eigenvalue weighted by Gasteiger charge is 2.32. The number of hydrogen-bond acceptors (Lipinski definition) is 6. The van der Waals surface area contributed by atoms with Crippen molar-refractivity contribution in [2.45, 2.75) is 18.2 Å². The van der Waals surface area contributed by atoms with E-state index in [1.165, 1.54) is 38.3 Å². The summed E-state index contributed by atoms with van der Waals surface area (Å²) in [5, 5.41) is 14.7. The molecule has 0 radical (unpaired) electrons. The molecule has 11 heteroatoms. The van der Waals surface area contributed by atoms with Crippen molar-refractivity contribution in [3.8, 4) is 5.75 Å². The second-order valence-corrected chi connectivity index (χ2v) is 9.16. The van der Waals surface area contributed by atoms with Crippen LogP contribution in [0.2, 0.25) is 0 Å². The molecule has 0 fully saturated rings. The third kappa shape index (κ3) is 3.86. The molecule has 0 atom stereocenters. The molecule has 3 aromatic rings. The molecule has 158 valence electrons. The Kier molecular flexibility index (Phi) is 6.31. The molecule has 3 rings (SSSR count). The van der Waals surface area contributed by atoms with Crippen LogP contribution in [-0.4, -0.2) is 36.9 Å². The molecule has 9 nitrogen and oxygen atoms in total. The standard InChI is InChI=1S/C19H18IN3O6S/c1-12(24)21-11-10-14-17-15(8-9-16(29-2)18(17)23(25)26)22(19(14)20)30(27,28)13-6-4-3-5-7-13/h3-9H,10-11H2,1-2H3,(H,21,24). The van der Waals surface area contributed by atoms with Crippen LogP contribution in [0.4, 0.5) is 5.69 Å². The van der Waals surface area contributed by atoms with Crippen molar-refractivity contribution in [2.75, 3.05) is 13.7 Å². The number of benzene rings is 2. The first-order chi connectivity index (χ1) is 14.2. The van der Waals surface area contributed by atoms with Gasteiger partial charge in [0.25, 0.3) is 10.0 Å². The molecule has 1 heterocycles. The van der Waals surface area contributed by atoms with E-state index in [1.54, 1.807) is 18.2 Å². The Labute approximate surface area is 186 Å². The van der Waals surface area contributed by atoms with Crippen molar-refractivity contribution in [1.82, 2.24) is 9.29 Å². The van der Waals surface area contributed by atoms with Gasteiger partial charge in [-0.2, -0.15) is 0 Å². The van der Waals surface area contributed by atoms with Gasteiger partial charge in [0.2, 0.25) is 5.91 Å². The number of ether oxygens (including phenoxy) is 1. The molecule has 0 aliphatic carbocycles. The molecule has 0 aliphatic rings. The number of nitrogens with zero attached hydrogens (tertiary/aromatic N) is 2. The Balaban J connectivity index is 2.37. The molecular formula is C19H18IN3O6S. The topological polar surface area (TPSA) is 121 Å². The van der Waals surface area contributed by atoms with Crippen molar-refractivity contribution in [2.24, 2.45) is 0 Å². The number of hydrogen-bond donors (Lipinski definition) is 1. The zero-order chi connectivity index (χ0) is 22.1. The van der Waals surface area contributed by atoms with Crippen LogP contribution in [0.15, 0.2) is 47.4 Å². The van der Waals surface area contributed by atoms with Crippen LogP contribution in [0.25, 0.3) is 10.9 Å². The number of carbonyl (C=O) groups excluding carboxylic acids is 1. The Morgan fingerprint density at radius 1 is 1.23 bits per heavy atom. The molecule has 1 aromatic heterocycles. The predicted octanol–water partition coefficient (Wildman–Crippen LogP) is 3.08. The van der Waals surface area contributed by atoms with Crippen molar-refractivity contribution in [3.63, 3.8) is 0 Å². The van der Waals surface area contributed by atoms with E-state index in [1.807, 2.05) is 22.6 Å². The maximum absolute atomic E-state index is 13.4. The highest BCUT2D eigenvalue weighted by molar-refractivity contribution is 14.1. The molecule has 1 amide bonds. The van der Waals surface area contributed by atoms with Gasteiger partial charge < -0.3 is 10.1 Å². The first-order valence-corrected chi connectivity index (χ1v) is 11.3. The summed E-state index contributed by atoms with van der Waals surface area (Å²) in [4.78, 5) is 22.6.